The molecular formula is C21H31N3O6. The maximum atomic E-state index is 12.9. The number of hydrogen-bond donors (Lipinski definition) is 5. The van der Waals surface area contributed by atoms with E-state index in [-0.39, 0.29) is 18.1 Å². The van der Waals surface area contributed by atoms with Gasteiger partial charge in [0.05, 0.1) is 6.61 Å². The Hall–Kier alpha value is -2.94. The largest absolute Gasteiger partial charge is 0.508 e. The monoisotopic (exact) mass is 421 g/mol. The van der Waals surface area contributed by atoms with Crippen LogP contribution in [-0.4, -0.2) is 58.5 Å². The van der Waals surface area contributed by atoms with Gasteiger partial charge in [0.15, 0.2) is 5.78 Å². The van der Waals surface area contributed by atoms with E-state index in [1.807, 2.05) is 6.92 Å². The number of phenolic OH excluding ortho intramolecular Hbond substituents is 1. The van der Waals surface area contributed by atoms with Crippen LogP contribution in [0.4, 0.5) is 0 Å². The van der Waals surface area contributed by atoms with Crippen molar-refractivity contribution in [2.75, 3.05) is 6.61 Å². The highest BCUT2D eigenvalue weighted by molar-refractivity contribution is 5.94. The SMILES string of the molecule is CCC(C)[C@H](NC(=O)[C@H](Cc1ccc(O)cc1)NC(C)=O)C(=O)N[C@@H](CO)C(C)=O. The molecule has 0 heterocycles. The zero-order valence-corrected chi connectivity index (χ0v) is 17.8. The van der Waals surface area contributed by atoms with Crippen molar-refractivity contribution in [2.24, 2.45) is 5.92 Å². The third-order valence-corrected chi connectivity index (χ3v) is 4.85. The lowest BCUT2D eigenvalue weighted by molar-refractivity contribution is -0.134. The van der Waals surface area contributed by atoms with Crippen LogP contribution >= 0.6 is 0 Å². The number of Topliss-reactive ketones (excluding diaryl/α,β-unsaturated/α-hetero) is 1. The Labute approximate surface area is 176 Å². The molecule has 0 saturated carbocycles. The van der Waals surface area contributed by atoms with Crippen molar-refractivity contribution in [2.45, 2.75) is 58.7 Å². The summed E-state index contributed by atoms with van der Waals surface area (Å²) in [7, 11) is 0. The number of ketones is 1. The molecule has 0 radical (unpaired) electrons. The summed E-state index contributed by atoms with van der Waals surface area (Å²) in [6.45, 7) is 5.63. The van der Waals surface area contributed by atoms with Gasteiger partial charge in [-0.2, -0.15) is 0 Å². The number of nitrogens with one attached hydrogen (secondary N) is 3. The van der Waals surface area contributed by atoms with Gasteiger partial charge in [-0.1, -0.05) is 32.4 Å². The number of aliphatic hydroxyl groups excluding tert-OH is 1. The fourth-order valence-corrected chi connectivity index (χ4v) is 2.82. The average molecular weight is 421 g/mol. The number of carbonyl (C=O) groups is 4. The number of amides is 3. The summed E-state index contributed by atoms with van der Waals surface area (Å²) in [5.41, 5.74) is 0.711. The maximum Gasteiger partial charge on any atom is 0.243 e. The Bertz CT molecular complexity index is 750. The Morgan fingerprint density at radius 2 is 1.53 bits per heavy atom. The summed E-state index contributed by atoms with van der Waals surface area (Å²) in [6.07, 6.45) is 0.734. The van der Waals surface area contributed by atoms with E-state index in [1.54, 1.807) is 19.1 Å². The highest BCUT2D eigenvalue weighted by Gasteiger charge is 2.31. The smallest absolute Gasteiger partial charge is 0.243 e. The van der Waals surface area contributed by atoms with Gasteiger partial charge in [0.25, 0.3) is 0 Å². The fraction of sp³-hybridized carbons (Fsp3) is 0.524. The van der Waals surface area contributed by atoms with Gasteiger partial charge in [0, 0.05) is 13.3 Å². The molecule has 0 aliphatic rings. The lowest BCUT2D eigenvalue weighted by atomic mass is 9.96. The molecule has 30 heavy (non-hydrogen) atoms. The minimum Gasteiger partial charge on any atom is -0.508 e. The Morgan fingerprint density at radius 3 is 2.00 bits per heavy atom. The molecule has 0 saturated heterocycles. The van der Waals surface area contributed by atoms with Crippen molar-refractivity contribution < 1.29 is 29.4 Å². The van der Waals surface area contributed by atoms with Gasteiger partial charge in [-0.25, -0.2) is 0 Å². The standard InChI is InChI=1S/C21H31N3O6/c1-5-12(2)19(21(30)23-18(11-25)13(3)26)24-20(29)17(22-14(4)27)10-15-6-8-16(28)9-7-15/h6-9,12,17-19,25,28H,5,10-11H2,1-4H3,(H,22,27)(H,23,30)(H,24,29)/t12?,17-,18-,19-/m0/s1. The van der Waals surface area contributed by atoms with Gasteiger partial charge in [-0.3, -0.25) is 19.2 Å². The van der Waals surface area contributed by atoms with Crippen LogP contribution in [0.3, 0.4) is 0 Å². The van der Waals surface area contributed by atoms with Crippen LogP contribution in [-0.2, 0) is 25.6 Å². The quantitative estimate of drug-likeness (QED) is 0.341. The number of aromatic hydroxyl groups is 1. The van der Waals surface area contributed by atoms with Crippen molar-refractivity contribution in [3.05, 3.63) is 29.8 Å². The summed E-state index contributed by atoms with van der Waals surface area (Å²) >= 11 is 0. The van der Waals surface area contributed by atoms with E-state index in [1.165, 1.54) is 26.0 Å². The van der Waals surface area contributed by atoms with E-state index in [9.17, 15) is 29.4 Å². The highest BCUT2D eigenvalue weighted by Crippen LogP contribution is 2.13. The topological polar surface area (TPSA) is 145 Å². The third-order valence-electron chi connectivity index (χ3n) is 4.85. The summed E-state index contributed by atoms with van der Waals surface area (Å²) in [5.74, 6) is -2.12. The molecule has 166 valence electrons. The molecule has 0 aliphatic heterocycles. The zero-order chi connectivity index (χ0) is 22.8. The van der Waals surface area contributed by atoms with Crippen molar-refractivity contribution in [3.8, 4) is 5.75 Å². The minimum atomic E-state index is -1.05. The molecule has 0 aliphatic carbocycles. The number of carbonyl (C=O) groups excluding carboxylic acids is 4. The van der Waals surface area contributed by atoms with Crippen LogP contribution in [0.25, 0.3) is 0 Å². The third kappa shape index (κ3) is 7.82. The molecule has 3 amide bonds. The second kappa shape index (κ2) is 11.9. The first-order valence-corrected chi connectivity index (χ1v) is 9.86. The molecule has 1 rings (SSSR count). The second-order valence-electron chi connectivity index (χ2n) is 7.35. The highest BCUT2D eigenvalue weighted by atomic mass is 16.3. The zero-order valence-electron chi connectivity index (χ0n) is 17.8. The van der Waals surface area contributed by atoms with Crippen molar-refractivity contribution >= 4 is 23.5 Å². The molecule has 0 spiro atoms. The second-order valence-corrected chi connectivity index (χ2v) is 7.35. The number of benzene rings is 1. The fourth-order valence-electron chi connectivity index (χ4n) is 2.82. The normalized spacial score (nSPS) is 14.7. The first-order chi connectivity index (χ1) is 14.1. The van der Waals surface area contributed by atoms with E-state index >= 15 is 0 Å². The summed E-state index contributed by atoms with van der Waals surface area (Å²) in [6, 6.07) is 3.28. The first-order valence-electron chi connectivity index (χ1n) is 9.86. The van der Waals surface area contributed by atoms with E-state index in [4.69, 9.17) is 0 Å². The molecule has 0 bridgehead atoms. The Balaban J connectivity index is 3.00. The number of aliphatic hydroxyl groups is 1. The van der Waals surface area contributed by atoms with Gasteiger partial charge >= 0.3 is 0 Å². The number of rotatable bonds is 11. The van der Waals surface area contributed by atoms with Gasteiger partial charge in [0.1, 0.15) is 23.9 Å². The van der Waals surface area contributed by atoms with Crippen molar-refractivity contribution in [3.63, 3.8) is 0 Å². The molecule has 0 fully saturated rings. The predicted octanol–water partition coefficient (Wildman–Crippen LogP) is 0.0364. The summed E-state index contributed by atoms with van der Waals surface area (Å²) < 4.78 is 0. The van der Waals surface area contributed by atoms with Gasteiger partial charge in [0.2, 0.25) is 17.7 Å². The lowest BCUT2D eigenvalue weighted by Crippen LogP contribution is -2.58. The molecule has 9 nitrogen and oxygen atoms in total. The van der Waals surface area contributed by atoms with Gasteiger partial charge < -0.3 is 26.2 Å². The Morgan fingerprint density at radius 1 is 0.933 bits per heavy atom. The maximum absolute atomic E-state index is 12.9. The van der Waals surface area contributed by atoms with E-state index in [0.29, 0.717) is 12.0 Å². The molecule has 9 heteroatoms. The summed E-state index contributed by atoms with van der Waals surface area (Å²) in [5, 5.41) is 26.4. The molecule has 1 unspecified atom stereocenters. The first kappa shape index (κ1) is 25.1. The molecule has 5 N–H and O–H groups in total. The van der Waals surface area contributed by atoms with Crippen LogP contribution in [0.15, 0.2) is 24.3 Å². The minimum absolute atomic E-state index is 0.0803. The van der Waals surface area contributed by atoms with Crippen LogP contribution < -0.4 is 16.0 Å². The van der Waals surface area contributed by atoms with Crippen LogP contribution in [0.2, 0.25) is 0 Å². The van der Waals surface area contributed by atoms with Crippen LogP contribution in [0.1, 0.15) is 39.7 Å². The molecular weight excluding hydrogens is 390 g/mol. The van der Waals surface area contributed by atoms with Gasteiger partial charge in [-0.15, -0.1) is 0 Å². The van der Waals surface area contributed by atoms with E-state index < -0.39 is 48.2 Å². The van der Waals surface area contributed by atoms with Crippen LogP contribution in [0.5, 0.6) is 5.75 Å². The van der Waals surface area contributed by atoms with Crippen LogP contribution in [0, 0.1) is 5.92 Å². The average Bonchev–Trinajstić information content (AvgIpc) is 2.69. The van der Waals surface area contributed by atoms with Crippen molar-refractivity contribution in [1.29, 1.82) is 0 Å². The van der Waals surface area contributed by atoms with E-state index in [2.05, 4.69) is 16.0 Å². The molecule has 4 atom stereocenters. The van der Waals surface area contributed by atoms with Gasteiger partial charge in [-0.05, 0) is 30.5 Å². The summed E-state index contributed by atoms with van der Waals surface area (Å²) in [4.78, 5) is 48.7. The molecule has 1 aromatic carbocycles. The molecule has 0 aromatic heterocycles. The number of phenols is 1. The van der Waals surface area contributed by atoms with E-state index in [0.717, 1.165) is 0 Å². The van der Waals surface area contributed by atoms with Crippen molar-refractivity contribution in [1.82, 2.24) is 16.0 Å². The Kier molecular flexibility index (Phi) is 9.97. The number of hydrogen-bond acceptors (Lipinski definition) is 6. The predicted molar refractivity (Wildman–Crippen MR) is 110 cm³/mol. The molecule has 1 aromatic rings. The lowest BCUT2D eigenvalue weighted by Gasteiger charge is -2.27.